The van der Waals surface area contributed by atoms with Crippen molar-refractivity contribution in [2.75, 3.05) is 14.2 Å². The number of aliphatic hydroxyl groups is 1. The summed E-state index contributed by atoms with van der Waals surface area (Å²) in [7, 11) is 3.15. The number of Topliss-reactive ketones (excluding diaryl/α,β-unsaturated/α-hetero) is 1. The third kappa shape index (κ3) is 4.85. The molecule has 1 atom stereocenters. The first-order chi connectivity index (χ1) is 17.1. The largest absolute Gasteiger partial charge is 0.507 e. The summed E-state index contributed by atoms with van der Waals surface area (Å²) in [5.74, 6) is -0.235. The molecule has 6 nitrogen and oxygen atoms in total. The average Bonchev–Trinajstić information content (AvgIpc) is 3.13. The Balaban J connectivity index is 1.82. The fraction of sp³-hybridized carbons (Fsp3) is 0.267. The van der Waals surface area contributed by atoms with E-state index in [2.05, 4.69) is 20.8 Å². The molecule has 186 valence electrons. The molecule has 0 aromatic heterocycles. The highest BCUT2D eigenvalue weighted by atomic mass is 16.5. The summed E-state index contributed by atoms with van der Waals surface area (Å²) < 4.78 is 10.4. The predicted molar refractivity (Wildman–Crippen MR) is 139 cm³/mol. The molecule has 3 aromatic rings. The van der Waals surface area contributed by atoms with Crippen molar-refractivity contribution in [2.45, 2.75) is 38.8 Å². The second kappa shape index (κ2) is 9.90. The van der Waals surface area contributed by atoms with Crippen LogP contribution in [0.15, 0.2) is 78.4 Å². The predicted octanol–water partition coefficient (Wildman–Crippen LogP) is 5.62. The minimum absolute atomic E-state index is 0.0491. The van der Waals surface area contributed by atoms with Crippen molar-refractivity contribution in [1.29, 1.82) is 0 Å². The Labute approximate surface area is 211 Å². The molecular weight excluding hydrogens is 454 g/mol. The van der Waals surface area contributed by atoms with E-state index in [1.165, 1.54) is 4.90 Å². The van der Waals surface area contributed by atoms with Crippen LogP contribution < -0.4 is 9.47 Å². The van der Waals surface area contributed by atoms with Gasteiger partial charge >= 0.3 is 0 Å². The molecule has 6 heteroatoms. The highest BCUT2D eigenvalue weighted by Crippen LogP contribution is 2.41. The molecule has 1 heterocycles. The van der Waals surface area contributed by atoms with Crippen molar-refractivity contribution < 1.29 is 24.2 Å². The molecule has 0 spiro atoms. The summed E-state index contributed by atoms with van der Waals surface area (Å²) in [5.41, 5.74) is 3.20. The Morgan fingerprint density at radius 3 is 1.86 bits per heavy atom. The first-order valence-electron chi connectivity index (χ1n) is 11.8. The van der Waals surface area contributed by atoms with Gasteiger partial charge in [-0.2, -0.15) is 0 Å². The van der Waals surface area contributed by atoms with E-state index >= 15 is 0 Å². The molecule has 4 rings (SSSR count). The summed E-state index contributed by atoms with van der Waals surface area (Å²) in [6, 6.07) is 21.3. The van der Waals surface area contributed by atoms with Crippen LogP contribution in [-0.4, -0.2) is 35.9 Å². The van der Waals surface area contributed by atoms with Gasteiger partial charge in [-0.3, -0.25) is 9.59 Å². The maximum atomic E-state index is 13.3. The summed E-state index contributed by atoms with van der Waals surface area (Å²) in [5, 5.41) is 11.3. The Hall–Kier alpha value is -4.06. The van der Waals surface area contributed by atoms with Crippen molar-refractivity contribution in [3.63, 3.8) is 0 Å². The second-order valence-corrected chi connectivity index (χ2v) is 9.88. The number of carbonyl (C=O) groups excluding carboxylic acids is 2. The molecule has 1 aliphatic rings. The van der Waals surface area contributed by atoms with Gasteiger partial charge < -0.3 is 19.5 Å². The fourth-order valence-corrected chi connectivity index (χ4v) is 4.39. The van der Waals surface area contributed by atoms with Gasteiger partial charge in [-0.05, 0) is 58.5 Å². The van der Waals surface area contributed by atoms with Crippen molar-refractivity contribution in [1.82, 2.24) is 4.90 Å². The highest BCUT2D eigenvalue weighted by molar-refractivity contribution is 6.46. The molecular formula is C30H31NO5. The monoisotopic (exact) mass is 485 g/mol. The van der Waals surface area contributed by atoms with Crippen LogP contribution in [0.5, 0.6) is 11.5 Å². The number of ketones is 1. The van der Waals surface area contributed by atoms with Crippen molar-refractivity contribution in [2.24, 2.45) is 0 Å². The maximum absolute atomic E-state index is 13.3. The molecule has 36 heavy (non-hydrogen) atoms. The van der Waals surface area contributed by atoms with E-state index < -0.39 is 17.7 Å². The molecule has 1 fully saturated rings. The van der Waals surface area contributed by atoms with E-state index in [4.69, 9.17) is 9.47 Å². The number of ether oxygens (including phenoxy) is 2. The van der Waals surface area contributed by atoms with Crippen LogP contribution in [-0.2, 0) is 21.5 Å². The minimum atomic E-state index is -0.733. The first kappa shape index (κ1) is 25.0. The number of likely N-dealkylation sites (tertiary alicyclic amines) is 1. The number of hydrogen-bond acceptors (Lipinski definition) is 5. The molecule has 1 unspecified atom stereocenters. The van der Waals surface area contributed by atoms with Gasteiger partial charge in [0.1, 0.15) is 17.3 Å². The van der Waals surface area contributed by atoms with Gasteiger partial charge in [-0.25, -0.2) is 0 Å². The van der Waals surface area contributed by atoms with E-state index in [0.717, 1.165) is 16.7 Å². The smallest absolute Gasteiger partial charge is 0.295 e. The molecule has 1 aliphatic heterocycles. The molecule has 0 bridgehead atoms. The van der Waals surface area contributed by atoms with Gasteiger partial charge in [-0.15, -0.1) is 0 Å². The van der Waals surface area contributed by atoms with Gasteiger partial charge in [0.05, 0.1) is 25.8 Å². The van der Waals surface area contributed by atoms with E-state index in [-0.39, 0.29) is 23.3 Å². The van der Waals surface area contributed by atoms with Crippen molar-refractivity contribution >= 4 is 17.4 Å². The molecule has 0 aliphatic carbocycles. The van der Waals surface area contributed by atoms with Gasteiger partial charge in [0.15, 0.2) is 0 Å². The lowest BCUT2D eigenvalue weighted by molar-refractivity contribution is -0.140. The number of nitrogens with zero attached hydrogens (tertiary/aromatic N) is 1. The van der Waals surface area contributed by atoms with Gasteiger partial charge in [0, 0.05) is 12.1 Å². The Bertz CT molecular complexity index is 1280. The van der Waals surface area contributed by atoms with E-state index in [1.807, 2.05) is 48.5 Å². The number of carbonyl (C=O) groups is 2. The van der Waals surface area contributed by atoms with E-state index in [1.54, 1.807) is 38.5 Å². The van der Waals surface area contributed by atoms with Crippen molar-refractivity contribution in [3.05, 3.63) is 101 Å². The standard InChI is InChI=1S/C30H31NO5/c1-30(2,3)22-12-8-20(9-13-22)26-25(27(32)21-10-16-24(36-5)17-11-21)28(33)29(34)31(26)18-19-6-14-23(35-4)15-7-19/h6-17,26,32H,18H2,1-5H3/b27-25-. The number of rotatable bonds is 6. The lowest BCUT2D eigenvalue weighted by Gasteiger charge is -2.26. The van der Waals surface area contributed by atoms with Crippen molar-refractivity contribution in [3.8, 4) is 11.5 Å². The number of benzene rings is 3. The summed E-state index contributed by atoms with van der Waals surface area (Å²) in [6.07, 6.45) is 0. The number of methoxy groups -OCH3 is 2. The molecule has 3 aromatic carbocycles. The zero-order valence-corrected chi connectivity index (χ0v) is 21.2. The molecule has 0 radical (unpaired) electrons. The molecule has 1 amide bonds. The number of aliphatic hydroxyl groups excluding tert-OH is 1. The zero-order chi connectivity index (χ0) is 26.0. The SMILES string of the molecule is COc1ccc(CN2C(=O)C(=O)/C(=C(\O)c3ccc(OC)cc3)C2c2ccc(C(C)(C)C)cc2)cc1. The summed E-state index contributed by atoms with van der Waals surface area (Å²) in [6.45, 7) is 6.59. The number of amides is 1. The lowest BCUT2D eigenvalue weighted by Crippen LogP contribution is -2.29. The lowest BCUT2D eigenvalue weighted by atomic mass is 9.85. The van der Waals surface area contributed by atoms with Crippen LogP contribution in [0.4, 0.5) is 0 Å². The Morgan fingerprint density at radius 2 is 1.36 bits per heavy atom. The van der Waals surface area contributed by atoms with Gasteiger partial charge in [0.25, 0.3) is 11.7 Å². The Morgan fingerprint density at radius 1 is 0.833 bits per heavy atom. The summed E-state index contributed by atoms with van der Waals surface area (Å²) >= 11 is 0. The van der Waals surface area contributed by atoms with Crippen LogP contribution in [0.2, 0.25) is 0 Å². The quantitative estimate of drug-likeness (QED) is 0.278. The van der Waals surface area contributed by atoms with E-state index in [9.17, 15) is 14.7 Å². The first-order valence-corrected chi connectivity index (χ1v) is 11.8. The van der Waals surface area contributed by atoms with Gasteiger partial charge in [0.2, 0.25) is 0 Å². The van der Waals surface area contributed by atoms with Crippen LogP contribution in [0.1, 0.15) is 49.1 Å². The van der Waals surface area contributed by atoms with Crippen LogP contribution in [0.3, 0.4) is 0 Å². The average molecular weight is 486 g/mol. The molecule has 1 N–H and O–H groups in total. The molecule has 1 saturated heterocycles. The van der Waals surface area contributed by atoms with Crippen LogP contribution in [0.25, 0.3) is 5.76 Å². The van der Waals surface area contributed by atoms with Crippen LogP contribution in [0, 0.1) is 0 Å². The number of hydrogen-bond donors (Lipinski definition) is 1. The topological polar surface area (TPSA) is 76.1 Å². The van der Waals surface area contributed by atoms with E-state index in [0.29, 0.717) is 17.1 Å². The minimum Gasteiger partial charge on any atom is -0.507 e. The summed E-state index contributed by atoms with van der Waals surface area (Å²) in [4.78, 5) is 28.1. The third-order valence-electron chi connectivity index (χ3n) is 6.51. The van der Waals surface area contributed by atoms with Crippen LogP contribution >= 0.6 is 0 Å². The van der Waals surface area contributed by atoms with Gasteiger partial charge in [-0.1, -0.05) is 57.2 Å². The third-order valence-corrected chi connectivity index (χ3v) is 6.51. The molecule has 0 saturated carbocycles. The maximum Gasteiger partial charge on any atom is 0.295 e. The fourth-order valence-electron chi connectivity index (χ4n) is 4.39. The zero-order valence-electron chi connectivity index (χ0n) is 21.2. The second-order valence-electron chi connectivity index (χ2n) is 9.88. The Kier molecular flexibility index (Phi) is 6.88. The highest BCUT2D eigenvalue weighted by Gasteiger charge is 2.46. The normalized spacial score (nSPS) is 17.4.